The van der Waals surface area contributed by atoms with Crippen molar-refractivity contribution >= 4 is 0 Å². The third-order valence-corrected chi connectivity index (χ3v) is 4.98. The summed E-state index contributed by atoms with van der Waals surface area (Å²) in [5.41, 5.74) is 2.47. The number of benzene rings is 1. The molecule has 0 spiro atoms. The lowest BCUT2D eigenvalue weighted by Crippen LogP contribution is -2.34. The summed E-state index contributed by atoms with van der Waals surface area (Å²) in [4.78, 5) is 2.68. The van der Waals surface area contributed by atoms with Crippen LogP contribution >= 0.6 is 0 Å². The van der Waals surface area contributed by atoms with E-state index in [1.807, 2.05) is 0 Å². The monoisotopic (exact) mass is 283 g/mol. The molecule has 2 fully saturated rings. The molecule has 1 saturated carbocycles. The van der Waals surface area contributed by atoms with Gasteiger partial charge in [0, 0.05) is 24.6 Å². The van der Waals surface area contributed by atoms with Crippen molar-refractivity contribution in [2.45, 2.75) is 51.1 Å². The first-order chi connectivity index (χ1) is 10.4. The molecule has 1 heterocycles. The van der Waals surface area contributed by atoms with Crippen LogP contribution in [0.3, 0.4) is 0 Å². The molecule has 2 nitrogen and oxygen atoms in total. The molecule has 2 aliphatic rings. The smallest absolute Gasteiger partial charge is 0.0540 e. The SMILES string of the molecule is OCCC#Cc1ccccc1CN1CCC2CCCCC21. The zero-order chi connectivity index (χ0) is 14.5. The third-order valence-electron chi connectivity index (χ3n) is 4.98. The molecular formula is C19H25NO. The highest BCUT2D eigenvalue weighted by atomic mass is 16.2. The fraction of sp³-hybridized carbons (Fsp3) is 0.579. The quantitative estimate of drug-likeness (QED) is 0.861. The fourth-order valence-corrected chi connectivity index (χ4v) is 3.91. The van der Waals surface area contributed by atoms with Crippen LogP contribution in [0.2, 0.25) is 0 Å². The molecule has 1 aromatic rings. The first-order valence-electron chi connectivity index (χ1n) is 8.30. The van der Waals surface area contributed by atoms with Gasteiger partial charge in [0.25, 0.3) is 0 Å². The number of fused-ring (bicyclic) bond motifs is 1. The van der Waals surface area contributed by atoms with Gasteiger partial charge in [-0.15, -0.1) is 0 Å². The van der Waals surface area contributed by atoms with E-state index >= 15 is 0 Å². The van der Waals surface area contributed by atoms with Gasteiger partial charge >= 0.3 is 0 Å². The Morgan fingerprint density at radius 1 is 1.14 bits per heavy atom. The maximum absolute atomic E-state index is 8.86. The highest BCUT2D eigenvalue weighted by Crippen LogP contribution is 2.37. The number of hydrogen-bond donors (Lipinski definition) is 1. The maximum atomic E-state index is 8.86. The molecule has 1 saturated heterocycles. The number of aliphatic hydroxyl groups is 1. The normalized spacial score (nSPS) is 25.2. The second-order valence-corrected chi connectivity index (χ2v) is 6.30. The van der Waals surface area contributed by atoms with Crippen molar-refractivity contribution in [2.75, 3.05) is 13.2 Å². The number of rotatable bonds is 3. The summed E-state index contributed by atoms with van der Waals surface area (Å²) >= 11 is 0. The first kappa shape index (κ1) is 14.6. The highest BCUT2D eigenvalue weighted by molar-refractivity contribution is 5.41. The second-order valence-electron chi connectivity index (χ2n) is 6.30. The van der Waals surface area contributed by atoms with E-state index in [4.69, 9.17) is 5.11 Å². The van der Waals surface area contributed by atoms with Crippen LogP contribution in [0, 0.1) is 17.8 Å². The van der Waals surface area contributed by atoms with Crippen LogP contribution in [0.1, 0.15) is 49.7 Å². The van der Waals surface area contributed by atoms with Crippen molar-refractivity contribution in [3.05, 3.63) is 35.4 Å². The van der Waals surface area contributed by atoms with Crippen molar-refractivity contribution in [1.29, 1.82) is 0 Å². The summed E-state index contributed by atoms with van der Waals surface area (Å²) in [6.07, 6.45) is 7.57. The number of hydrogen-bond acceptors (Lipinski definition) is 2. The number of nitrogens with zero attached hydrogens (tertiary/aromatic N) is 1. The summed E-state index contributed by atoms with van der Waals surface area (Å²) < 4.78 is 0. The van der Waals surface area contributed by atoms with Crippen LogP contribution in [-0.2, 0) is 6.54 Å². The second kappa shape index (κ2) is 7.11. The van der Waals surface area contributed by atoms with Crippen LogP contribution in [0.15, 0.2) is 24.3 Å². The Hall–Kier alpha value is -1.30. The first-order valence-corrected chi connectivity index (χ1v) is 8.30. The van der Waals surface area contributed by atoms with Crippen LogP contribution in [0.4, 0.5) is 0 Å². The third kappa shape index (κ3) is 3.48. The Labute approximate surface area is 128 Å². The van der Waals surface area contributed by atoms with Crippen molar-refractivity contribution in [3.8, 4) is 11.8 Å². The van der Waals surface area contributed by atoms with Crippen molar-refractivity contribution in [3.63, 3.8) is 0 Å². The molecule has 2 atom stereocenters. The minimum atomic E-state index is 0.144. The van der Waals surface area contributed by atoms with E-state index < -0.39 is 0 Å². The van der Waals surface area contributed by atoms with Gasteiger partial charge in [-0.3, -0.25) is 4.90 Å². The average molecular weight is 283 g/mol. The largest absolute Gasteiger partial charge is 0.395 e. The van der Waals surface area contributed by atoms with E-state index in [9.17, 15) is 0 Å². The molecule has 2 heteroatoms. The molecule has 2 unspecified atom stereocenters. The van der Waals surface area contributed by atoms with Gasteiger partial charge in [0.1, 0.15) is 0 Å². The van der Waals surface area contributed by atoms with Gasteiger partial charge in [-0.2, -0.15) is 0 Å². The van der Waals surface area contributed by atoms with E-state index in [1.165, 1.54) is 44.2 Å². The van der Waals surface area contributed by atoms with Gasteiger partial charge < -0.3 is 5.11 Å². The Kier molecular flexibility index (Phi) is 4.95. The Morgan fingerprint density at radius 2 is 2.00 bits per heavy atom. The van der Waals surface area contributed by atoms with Crippen LogP contribution < -0.4 is 0 Å². The lowest BCUT2D eigenvalue weighted by Gasteiger charge is -2.32. The van der Waals surface area contributed by atoms with Crippen molar-refractivity contribution in [1.82, 2.24) is 4.90 Å². The van der Waals surface area contributed by atoms with Crippen molar-refractivity contribution in [2.24, 2.45) is 5.92 Å². The zero-order valence-corrected chi connectivity index (χ0v) is 12.7. The fourth-order valence-electron chi connectivity index (χ4n) is 3.91. The van der Waals surface area contributed by atoms with E-state index in [-0.39, 0.29) is 6.61 Å². The predicted octanol–water partition coefficient (Wildman–Crippen LogP) is 3.19. The predicted molar refractivity (Wildman–Crippen MR) is 85.8 cm³/mol. The Balaban J connectivity index is 1.72. The molecule has 0 amide bonds. The van der Waals surface area contributed by atoms with Crippen molar-refractivity contribution < 1.29 is 5.11 Å². The van der Waals surface area contributed by atoms with Crippen LogP contribution in [0.5, 0.6) is 0 Å². The molecule has 112 valence electrons. The van der Waals surface area contributed by atoms with E-state index in [0.29, 0.717) is 6.42 Å². The van der Waals surface area contributed by atoms with Gasteiger partial charge in [0.2, 0.25) is 0 Å². The topological polar surface area (TPSA) is 23.5 Å². The summed E-state index contributed by atoms with van der Waals surface area (Å²) in [5.74, 6) is 7.21. The molecule has 0 aromatic heterocycles. The molecule has 0 radical (unpaired) electrons. The van der Waals surface area contributed by atoms with E-state index in [1.54, 1.807) is 0 Å². The van der Waals surface area contributed by atoms with Gasteiger partial charge in [0.05, 0.1) is 6.61 Å². The molecular weight excluding hydrogens is 258 g/mol. The summed E-state index contributed by atoms with van der Waals surface area (Å²) in [5, 5.41) is 8.86. The van der Waals surface area contributed by atoms with Gasteiger partial charge in [-0.25, -0.2) is 0 Å². The molecule has 3 rings (SSSR count). The van der Waals surface area contributed by atoms with Gasteiger partial charge in [-0.05, 0) is 43.4 Å². The summed E-state index contributed by atoms with van der Waals surface area (Å²) in [7, 11) is 0. The maximum Gasteiger partial charge on any atom is 0.0540 e. The lowest BCUT2D eigenvalue weighted by molar-refractivity contribution is 0.176. The minimum absolute atomic E-state index is 0.144. The molecule has 1 aliphatic carbocycles. The molecule has 1 N–H and O–H groups in total. The van der Waals surface area contributed by atoms with Crippen LogP contribution in [0.25, 0.3) is 0 Å². The van der Waals surface area contributed by atoms with E-state index in [0.717, 1.165) is 24.1 Å². The zero-order valence-electron chi connectivity index (χ0n) is 12.7. The Bertz CT molecular complexity index is 528. The summed E-state index contributed by atoms with van der Waals surface area (Å²) in [6.45, 7) is 2.42. The lowest BCUT2D eigenvalue weighted by atomic mass is 9.85. The average Bonchev–Trinajstić information content (AvgIpc) is 2.93. The Morgan fingerprint density at radius 3 is 2.90 bits per heavy atom. The van der Waals surface area contributed by atoms with E-state index in [2.05, 4.69) is 41.0 Å². The molecule has 0 bridgehead atoms. The van der Waals surface area contributed by atoms with Gasteiger partial charge in [0.15, 0.2) is 0 Å². The minimum Gasteiger partial charge on any atom is -0.395 e. The number of aliphatic hydroxyl groups excluding tert-OH is 1. The highest BCUT2D eigenvalue weighted by Gasteiger charge is 2.35. The molecule has 1 aliphatic heterocycles. The molecule has 1 aromatic carbocycles. The van der Waals surface area contributed by atoms with Gasteiger partial charge in [-0.1, -0.05) is 42.9 Å². The molecule has 21 heavy (non-hydrogen) atoms. The number of likely N-dealkylation sites (tertiary alicyclic amines) is 1. The summed E-state index contributed by atoms with van der Waals surface area (Å²) in [6, 6.07) is 9.28. The van der Waals surface area contributed by atoms with Crippen LogP contribution in [-0.4, -0.2) is 29.2 Å². The standard InChI is InChI=1S/C19H25NO/c21-14-6-5-8-16-7-1-2-10-18(16)15-20-13-12-17-9-3-4-11-19(17)20/h1-2,7,10,17,19,21H,3-4,6,9,11-15H2.